The molecule has 0 heterocycles. The zero-order chi connectivity index (χ0) is 11.0. The third kappa shape index (κ3) is 6.38. The molecule has 0 aliphatic heterocycles. The van der Waals surface area contributed by atoms with Crippen LogP contribution in [0.15, 0.2) is 0 Å². The van der Waals surface area contributed by atoms with E-state index in [0.29, 0.717) is 0 Å². The number of carbonyl (C=O) groups is 2. The molecule has 82 valence electrons. The maximum atomic E-state index is 10.9. The minimum Gasteiger partial charge on any atom is -0.481 e. The molecule has 14 heavy (non-hydrogen) atoms. The van der Waals surface area contributed by atoms with Crippen molar-refractivity contribution < 1.29 is 29.6 Å². The van der Waals surface area contributed by atoms with Gasteiger partial charge in [0.2, 0.25) is 0 Å². The van der Waals surface area contributed by atoms with E-state index in [1.54, 1.807) is 0 Å². The van der Waals surface area contributed by atoms with E-state index in [2.05, 4.69) is 4.74 Å². The number of rotatable bonds is 7. The van der Waals surface area contributed by atoms with Crippen molar-refractivity contribution in [2.75, 3.05) is 13.2 Å². The van der Waals surface area contributed by atoms with Gasteiger partial charge in [0.15, 0.2) is 0 Å². The van der Waals surface area contributed by atoms with E-state index < -0.39 is 18.0 Å². The Labute approximate surface area is 81.1 Å². The Hall–Kier alpha value is -1.14. The van der Waals surface area contributed by atoms with Gasteiger partial charge in [-0.25, -0.2) is 0 Å². The molecule has 0 aromatic carbocycles. The van der Waals surface area contributed by atoms with E-state index in [0.717, 1.165) is 0 Å². The van der Waals surface area contributed by atoms with Gasteiger partial charge in [0.1, 0.15) is 6.10 Å². The van der Waals surface area contributed by atoms with E-state index in [4.69, 9.17) is 15.3 Å². The van der Waals surface area contributed by atoms with Gasteiger partial charge in [-0.2, -0.15) is 0 Å². The summed E-state index contributed by atoms with van der Waals surface area (Å²) in [6.45, 7) is -0.573. The minimum atomic E-state index is -1.08. The molecule has 0 radical (unpaired) electrons. The molecular formula is C8H14O6. The van der Waals surface area contributed by atoms with E-state index in [1.165, 1.54) is 0 Å². The third-order valence-electron chi connectivity index (χ3n) is 1.50. The third-order valence-corrected chi connectivity index (χ3v) is 1.50. The summed E-state index contributed by atoms with van der Waals surface area (Å²) in [5.74, 6) is -1.76. The van der Waals surface area contributed by atoms with Gasteiger partial charge < -0.3 is 20.1 Å². The van der Waals surface area contributed by atoms with Crippen molar-refractivity contribution >= 4 is 11.9 Å². The largest absolute Gasteiger partial charge is 0.481 e. The maximum absolute atomic E-state index is 10.9. The first-order chi connectivity index (χ1) is 6.60. The van der Waals surface area contributed by atoms with Gasteiger partial charge in [-0.1, -0.05) is 0 Å². The number of carboxylic acid groups (broad SMARTS) is 1. The molecule has 0 bridgehead atoms. The predicted molar refractivity (Wildman–Crippen MR) is 45.5 cm³/mol. The lowest BCUT2D eigenvalue weighted by atomic mass is 10.2. The van der Waals surface area contributed by atoms with Gasteiger partial charge in [-0.15, -0.1) is 0 Å². The van der Waals surface area contributed by atoms with Crippen LogP contribution in [0.2, 0.25) is 0 Å². The molecule has 0 fully saturated rings. The highest BCUT2D eigenvalue weighted by Gasteiger charge is 2.13. The van der Waals surface area contributed by atoms with Crippen molar-refractivity contribution in [1.82, 2.24) is 0 Å². The topological polar surface area (TPSA) is 104 Å². The lowest BCUT2D eigenvalue weighted by molar-refractivity contribution is -0.154. The molecule has 0 amide bonds. The second-order valence-corrected chi connectivity index (χ2v) is 2.70. The molecular weight excluding hydrogens is 192 g/mol. The maximum Gasteiger partial charge on any atom is 0.306 e. The van der Waals surface area contributed by atoms with Crippen LogP contribution < -0.4 is 0 Å². The second kappa shape index (κ2) is 7.28. The minimum absolute atomic E-state index is 0.148. The van der Waals surface area contributed by atoms with E-state index in [9.17, 15) is 9.59 Å². The lowest BCUT2D eigenvalue weighted by Crippen LogP contribution is -2.23. The molecule has 0 aliphatic rings. The van der Waals surface area contributed by atoms with Gasteiger partial charge in [0.05, 0.1) is 19.4 Å². The molecule has 0 aliphatic carbocycles. The van der Waals surface area contributed by atoms with Crippen LogP contribution in [0.3, 0.4) is 0 Å². The van der Waals surface area contributed by atoms with Crippen LogP contribution in [0.5, 0.6) is 0 Å². The Morgan fingerprint density at radius 2 is 1.86 bits per heavy atom. The highest BCUT2D eigenvalue weighted by Crippen LogP contribution is 2.01. The van der Waals surface area contributed by atoms with Crippen molar-refractivity contribution in [3.05, 3.63) is 0 Å². The summed E-state index contributed by atoms with van der Waals surface area (Å²) >= 11 is 0. The number of hydrogen-bond donors (Lipinski definition) is 3. The van der Waals surface area contributed by atoms with Crippen LogP contribution >= 0.6 is 0 Å². The normalized spacial score (nSPS) is 12.1. The van der Waals surface area contributed by atoms with Gasteiger partial charge >= 0.3 is 11.9 Å². The van der Waals surface area contributed by atoms with Crippen LogP contribution in [0, 0.1) is 0 Å². The van der Waals surface area contributed by atoms with Crippen LogP contribution in [-0.2, 0) is 14.3 Å². The number of hydrogen-bond acceptors (Lipinski definition) is 5. The molecule has 3 N–H and O–H groups in total. The van der Waals surface area contributed by atoms with E-state index >= 15 is 0 Å². The zero-order valence-electron chi connectivity index (χ0n) is 7.68. The molecule has 1 unspecified atom stereocenters. The lowest BCUT2D eigenvalue weighted by Gasteiger charge is -2.13. The molecule has 6 nitrogen and oxygen atoms in total. The number of aliphatic hydroxyl groups excluding tert-OH is 2. The van der Waals surface area contributed by atoms with Gasteiger partial charge in [0.25, 0.3) is 0 Å². The predicted octanol–water partition coefficient (Wildman–Crippen LogP) is -0.862. The first-order valence-electron chi connectivity index (χ1n) is 4.23. The average molecular weight is 206 g/mol. The van der Waals surface area contributed by atoms with Crippen LogP contribution in [-0.4, -0.2) is 46.6 Å². The first kappa shape index (κ1) is 12.9. The van der Waals surface area contributed by atoms with Crippen LogP contribution in [0.1, 0.15) is 19.3 Å². The zero-order valence-corrected chi connectivity index (χ0v) is 7.68. The van der Waals surface area contributed by atoms with Gasteiger partial charge in [-0.3, -0.25) is 9.59 Å². The molecule has 1 atom stereocenters. The Bertz CT molecular complexity index is 190. The van der Waals surface area contributed by atoms with Crippen molar-refractivity contribution in [1.29, 1.82) is 0 Å². The fourth-order valence-corrected chi connectivity index (χ4v) is 0.785. The fraction of sp³-hybridized carbons (Fsp3) is 0.750. The number of ether oxygens (including phenoxy) is 1. The number of carboxylic acids is 1. The van der Waals surface area contributed by atoms with Crippen molar-refractivity contribution in [3.8, 4) is 0 Å². The summed E-state index contributed by atoms with van der Waals surface area (Å²) in [7, 11) is 0. The SMILES string of the molecule is O=C(O)CCC(=O)OC(CO)CCO. The average Bonchev–Trinajstić information content (AvgIpc) is 2.14. The highest BCUT2D eigenvalue weighted by atomic mass is 16.6. The highest BCUT2D eigenvalue weighted by molar-refractivity contribution is 5.76. The summed E-state index contributed by atoms with van der Waals surface area (Å²) in [5, 5.41) is 25.4. The van der Waals surface area contributed by atoms with Crippen molar-refractivity contribution in [2.45, 2.75) is 25.4 Å². The Balaban J connectivity index is 3.72. The fourth-order valence-electron chi connectivity index (χ4n) is 0.785. The van der Waals surface area contributed by atoms with Gasteiger partial charge in [0, 0.05) is 13.0 Å². The monoisotopic (exact) mass is 206 g/mol. The first-order valence-corrected chi connectivity index (χ1v) is 4.23. The number of aliphatic carboxylic acids is 1. The standard InChI is InChI=1S/C8H14O6/c9-4-3-6(5-10)14-8(13)2-1-7(11)12/h6,9-10H,1-5H2,(H,11,12). The molecule has 0 saturated carbocycles. The molecule has 0 saturated heterocycles. The second-order valence-electron chi connectivity index (χ2n) is 2.70. The van der Waals surface area contributed by atoms with Crippen LogP contribution in [0.25, 0.3) is 0 Å². The molecule has 0 rings (SSSR count). The quantitative estimate of drug-likeness (QED) is 0.468. The Kier molecular flexibility index (Phi) is 6.69. The Morgan fingerprint density at radius 1 is 1.21 bits per heavy atom. The van der Waals surface area contributed by atoms with Crippen molar-refractivity contribution in [2.24, 2.45) is 0 Å². The summed E-state index contributed by atoms with van der Waals surface area (Å²) in [6, 6.07) is 0. The van der Waals surface area contributed by atoms with E-state index in [-0.39, 0.29) is 32.5 Å². The smallest absolute Gasteiger partial charge is 0.306 e. The number of aliphatic hydroxyl groups is 2. The summed E-state index contributed by atoms with van der Waals surface area (Å²) < 4.78 is 4.68. The number of esters is 1. The molecule has 6 heteroatoms. The van der Waals surface area contributed by atoms with Crippen LogP contribution in [0.4, 0.5) is 0 Å². The van der Waals surface area contributed by atoms with Gasteiger partial charge in [-0.05, 0) is 0 Å². The van der Waals surface area contributed by atoms with E-state index in [1.807, 2.05) is 0 Å². The molecule has 0 aromatic heterocycles. The summed E-state index contributed by atoms with van der Waals surface area (Å²) in [4.78, 5) is 21.0. The summed E-state index contributed by atoms with van der Waals surface area (Å²) in [6.07, 6.45) is -1.12. The Morgan fingerprint density at radius 3 is 2.29 bits per heavy atom. The molecule has 0 aromatic rings. The van der Waals surface area contributed by atoms with Crippen molar-refractivity contribution in [3.63, 3.8) is 0 Å². The summed E-state index contributed by atoms with van der Waals surface area (Å²) in [5.41, 5.74) is 0. The number of carbonyl (C=O) groups excluding carboxylic acids is 1. The molecule has 0 spiro atoms.